The Bertz CT molecular complexity index is 654. The van der Waals surface area contributed by atoms with Crippen molar-refractivity contribution in [2.24, 2.45) is 4.99 Å². The zero-order valence-electron chi connectivity index (χ0n) is 20.6. The molecule has 0 rings (SSSR count). The highest BCUT2D eigenvalue weighted by Gasteiger charge is 2.22. The number of guanidine groups is 1. The molecule has 1 unspecified atom stereocenters. The summed E-state index contributed by atoms with van der Waals surface area (Å²) in [5.41, 5.74) is -2.17. The van der Waals surface area contributed by atoms with Gasteiger partial charge in [-0.1, -0.05) is 0 Å². The van der Waals surface area contributed by atoms with E-state index in [-0.39, 0.29) is 18.9 Å². The Balaban J connectivity index is 4.97. The molecule has 0 aromatic heterocycles. The van der Waals surface area contributed by atoms with E-state index >= 15 is 0 Å². The predicted molar refractivity (Wildman–Crippen MR) is 119 cm³/mol. The Morgan fingerprint density at radius 2 is 1.19 bits per heavy atom. The highest BCUT2D eigenvalue weighted by Crippen LogP contribution is 2.09. The average Bonchev–Trinajstić information content (AvgIpc) is 2.51. The van der Waals surface area contributed by atoms with Crippen molar-refractivity contribution in [1.29, 1.82) is 0 Å². The molecule has 0 aliphatic heterocycles. The van der Waals surface area contributed by atoms with Gasteiger partial charge in [-0.25, -0.2) is 14.4 Å². The summed E-state index contributed by atoms with van der Waals surface area (Å²) in [5.74, 6) is -0.156. The van der Waals surface area contributed by atoms with Gasteiger partial charge in [-0.2, -0.15) is 0 Å². The number of nitrogens with one attached hydrogen (secondary N) is 3. The van der Waals surface area contributed by atoms with Crippen LogP contribution in [0.15, 0.2) is 4.99 Å². The van der Waals surface area contributed by atoms with E-state index < -0.39 is 41.1 Å². The number of hydrogen-bond acceptors (Lipinski definition) is 8. The SMILES string of the molecule is CC(C)(C)OC(=O)NC(=NCCCC(C=O)NC(=O)OC(C)(C)C)NC(=O)OC(C)(C)C. The Morgan fingerprint density at radius 3 is 1.56 bits per heavy atom. The van der Waals surface area contributed by atoms with E-state index in [0.29, 0.717) is 12.7 Å². The Morgan fingerprint density at radius 1 is 0.781 bits per heavy atom. The van der Waals surface area contributed by atoms with Crippen LogP contribution in [0.4, 0.5) is 14.4 Å². The molecule has 3 N–H and O–H groups in total. The van der Waals surface area contributed by atoms with Gasteiger partial charge < -0.3 is 24.3 Å². The number of carbonyl (C=O) groups is 4. The van der Waals surface area contributed by atoms with Gasteiger partial charge in [0.1, 0.15) is 23.1 Å². The molecule has 0 aliphatic carbocycles. The highest BCUT2D eigenvalue weighted by molar-refractivity contribution is 6.01. The van der Waals surface area contributed by atoms with Gasteiger partial charge in [0.15, 0.2) is 0 Å². The topological polar surface area (TPSA) is 144 Å². The molecule has 0 saturated carbocycles. The van der Waals surface area contributed by atoms with E-state index in [4.69, 9.17) is 14.2 Å². The van der Waals surface area contributed by atoms with Crippen LogP contribution < -0.4 is 16.0 Å². The molecular weight excluding hydrogens is 420 g/mol. The van der Waals surface area contributed by atoms with Gasteiger partial charge in [-0.3, -0.25) is 15.6 Å². The monoisotopic (exact) mass is 458 g/mol. The lowest BCUT2D eigenvalue weighted by atomic mass is 10.2. The molecule has 1 atom stereocenters. The van der Waals surface area contributed by atoms with Crippen LogP contribution in [0, 0.1) is 0 Å². The van der Waals surface area contributed by atoms with Crippen LogP contribution in [0.2, 0.25) is 0 Å². The summed E-state index contributed by atoms with van der Waals surface area (Å²) >= 11 is 0. The number of ether oxygens (including phenoxy) is 3. The molecule has 0 bridgehead atoms. The summed E-state index contributed by atoms with van der Waals surface area (Å²) in [6.45, 7) is 15.5. The second-order valence-electron chi connectivity index (χ2n) is 10.0. The fourth-order valence-corrected chi connectivity index (χ4v) is 2.05. The molecular formula is C21H38N4O7. The number of alkyl carbamates (subject to hydrolysis) is 3. The molecule has 11 nitrogen and oxygen atoms in total. The molecule has 0 spiro atoms. The third kappa shape index (κ3) is 16.9. The fraction of sp³-hybridized carbons (Fsp3) is 0.762. The molecule has 0 aliphatic rings. The third-order valence-electron chi connectivity index (χ3n) is 3.05. The zero-order valence-corrected chi connectivity index (χ0v) is 20.6. The van der Waals surface area contributed by atoms with Crippen LogP contribution in [-0.4, -0.2) is 59.9 Å². The number of aliphatic imine (C=N–C) groups is 1. The molecule has 0 radical (unpaired) electrons. The quantitative estimate of drug-likeness (QED) is 0.182. The van der Waals surface area contributed by atoms with E-state index in [1.807, 2.05) is 0 Å². The van der Waals surface area contributed by atoms with E-state index in [2.05, 4.69) is 20.9 Å². The second-order valence-corrected chi connectivity index (χ2v) is 10.0. The lowest BCUT2D eigenvalue weighted by molar-refractivity contribution is -0.109. The van der Waals surface area contributed by atoms with Crippen molar-refractivity contribution in [2.45, 2.75) is 98.0 Å². The Labute approximate surface area is 190 Å². The predicted octanol–water partition coefficient (Wildman–Crippen LogP) is 3.26. The summed E-state index contributed by atoms with van der Waals surface area (Å²) < 4.78 is 15.5. The highest BCUT2D eigenvalue weighted by atomic mass is 16.6. The van der Waals surface area contributed by atoms with Crippen LogP contribution in [0.3, 0.4) is 0 Å². The smallest absolute Gasteiger partial charge is 0.414 e. The van der Waals surface area contributed by atoms with Crippen LogP contribution in [0.5, 0.6) is 0 Å². The van der Waals surface area contributed by atoms with Crippen LogP contribution >= 0.6 is 0 Å². The maximum absolute atomic E-state index is 12.0. The molecule has 0 fully saturated rings. The molecule has 0 aromatic carbocycles. The van der Waals surface area contributed by atoms with Crippen molar-refractivity contribution < 1.29 is 33.4 Å². The van der Waals surface area contributed by atoms with Crippen molar-refractivity contribution >= 4 is 30.5 Å². The number of nitrogens with zero attached hydrogens (tertiary/aromatic N) is 1. The van der Waals surface area contributed by atoms with Crippen LogP contribution in [-0.2, 0) is 19.0 Å². The largest absolute Gasteiger partial charge is 0.444 e. The van der Waals surface area contributed by atoms with Crippen molar-refractivity contribution in [1.82, 2.24) is 16.0 Å². The van der Waals surface area contributed by atoms with Gasteiger partial charge in [-0.15, -0.1) is 0 Å². The van der Waals surface area contributed by atoms with Crippen LogP contribution in [0.25, 0.3) is 0 Å². The minimum Gasteiger partial charge on any atom is -0.444 e. The van der Waals surface area contributed by atoms with Gasteiger partial charge in [0.2, 0.25) is 5.96 Å². The maximum atomic E-state index is 12.0. The number of amides is 3. The maximum Gasteiger partial charge on any atom is 0.414 e. The zero-order chi connectivity index (χ0) is 25.2. The average molecular weight is 459 g/mol. The second kappa shape index (κ2) is 12.3. The first-order chi connectivity index (χ1) is 14.4. The van der Waals surface area contributed by atoms with Crippen molar-refractivity contribution in [2.75, 3.05) is 6.54 Å². The molecule has 0 aromatic rings. The minimum atomic E-state index is -0.801. The molecule has 32 heavy (non-hydrogen) atoms. The van der Waals surface area contributed by atoms with E-state index in [1.54, 1.807) is 62.3 Å². The summed E-state index contributed by atoms with van der Waals surface area (Å²) in [6.07, 6.45) is -1.05. The first-order valence-electron chi connectivity index (χ1n) is 10.4. The van der Waals surface area contributed by atoms with E-state index in [1.165, 1.54) is 0 Å². The molecule has 0 heterocycles. The summed E-state index contributed by atoms with van der Waals surface area (Å²) in [7, 11) is 0. The summed E-state index contributed by atoms with van der Waals surface area (Å²) in [6, 6.07) is -0.763. The number of rotatable bonds is 6. The standard InChI is InChI=1S/C21H38N4O7/c1-19(2,3)30-16(27)23-14(13-26)11-10-12-22-15(24-17(28)31-20(4,5)6)25-18(29)32-21(7,8)9/h13-14H,10-12H2,1-9H3,(H,23,27)(H2,22,24,25,28,29). The van der Waals surface area contributed by atoms with Crippen molar-refractivity contribution in [3.63, 3.8) is 0 Å². The third-order valence-corrected chi connectivity index (χ3v) is 3.05. The number of aldehydes is 1. The van der Waals surface area contributed by atoms with Gasteiger partial charge in [0.05, 0.1) is 6.04 Å². The molecule has 0 saturated heterocycles. The Hall–Kier alpha value is -2.85. The fourth-order valence-electron chi connectivity index (χ4n) is 2.05. The number of carbonyl (C=O) groups excluding carboxylic acids is 4. The normalized spacial score (nSPS) is 12.7. The van der Waals surface area contributed by atoms with Gasteiger partial charge >= 0.3 is 18.3 Å². The van der Waals surface area contributed by atoms with Crippen molar-refractivity contribution in [3.05, 3.63) is 0 Å². The van der Waals surface area contributed by atoms with Gasteiger partial charge in [-0.05, 0) is 75.2 Å². The van der Waals surface area contributed by atoms with Crippen molar-refractivity contribution in [3.8, 4) is 0 Å². The lowest BCUT2D eigenvalue weighted by Gasteiger charge is -2.22. The Kier molecular flexibility index (Phi) is 11.2. The minimum absolute atomic E-state index is 0.140. The molecule has 184 valence electrons. The summed E-state index contributed by atoms with van der Waals surface area (Å²) in [4.78, 5) is 51.3. The molecule has 3 amide bonds. The first-order valence-corrected chi connectivity index (χ1v) is 10.4. The van der Waals surface area contributed by atoms with Gasteiger partial charge in [0.25, 0.3) is 0 Å². The number of hydrogen-bond donors (Lipinski definition) is 3. The van der Waals surface area contributed by atoms with E-state index in [0.717, 1.165) is 0 Å². The lowest BCUT2D eigenvalue weighted by Crippen LogP contribution is -2.47. The molecule has 11 heteroatoms. The first kappa shape index (κ1) is 29.1. The van der Waals surface area contributed by atoms with Gasteiger partial charge in [0, 0.05) is 6.54 Å². The van der Waals surface area contributed by atoms with E-state index in [9.17, 15) is 19.2 Å². The summed E-state index contributed by atoms with van der Waals surface area (Å²) in [5, 5.41) is 7.21. The van der Waals surface area contributed by atoms with Crippen LogP contribution in [0.1, 0.15) is 75.2 Å².